The van der Waals surface area contributed by atoms with Gasteiger partial charge in [0.25, 0.3) is 5.91 Å². The number of aliphatic hydroxyl groups is 1. The van der Waals surface area contributed by atoms with E-state index in [0.717, 1.165) is 35.1 Å². The zero-order valence-electron chi connectivity index (χ0n) is 18.3. The first-order valence-electron chi connectivity index (χ1n) is 10.4. The molecular formula is C25H31NO3. The van der Waals surface area contributed by atoms with E-state index in [-0.39, 0.29) is 12.2 Å². The summed E-state index contributed by atoms with van der Waals surface area (Å²) in [6.45, 7) is 12.6. The first-order valence-corrected chi connectivity index (χ1v) is 10.4. The van der Waals surface area contributed by atoms with Gasteiger partial charge >= 0.3 is 0 Å². The summed E-state index contributed by atoms with van der Waals surface area (Å²) < 4.78 is 0. The molecule has 0 saturated heterocycles. The molecule has 154 valence electrons. The quantitative estimate of drug-likeness (QED) is 0.715. The lowest BCUT2D eigenvalue weighted by Gasteiger charge is -2.24. The van der Waals surface area contributed by atoms with Gasteiger partial charge in [-0.05, 0) is 74.9 Å². The molecule has 4 nitrogen and oxygen atoms in total. The second-order valence-electron chi connectivity index (χ2n) is 8.29. The molecule has 0 aliphatic carbocycles. The zero-order chi connectivity index (χ0) is 21.5. The van der Waals surface area contributed by atoms with Gasteiger partial charge < -0.3 is 10.0 Å². The highest BCUT2D eigenvalue weighted by molar-refractivity contribution is 6.11. The van der Waals surface area contributed by atoms with Crippen molar-refractivity contribution in [1.29, 1.82) is 0 Å². The number of ketones is 1. The maximum atomic E-state index is 13.4. The largest absolute Gasteiger partial charge is 0.375 e. The van der Waals surface area contributed by atoms with E-state index in [1.54, 1.807) is 11.0 Å². The molecule has 0 saturated carbocycles. The second-order valence-corrected chi connectivity index (χ2v) is 8.29. The number of hydrogen-bond acceptors (Lipinski definition) is 3. The van der Waals surface area contributed by atoms with Gasteiger partial charge in [0.2, 0.25) is 0 Å². The number of unbranched alkanes of at least 4 members (excludes halogenated alkanes) is 1. The van der Waals surface area contributed by atoms with Crippen molar-refractivity contribution in [2.24, 2.45) is 0 Å². The minimum Gasteiger partial charge on any atom is -0.375 e. The molecule has 2 aromatic rings. The van der Waals surface area contributed by atoms with E-state index in [9.17, 15) is 14.7 Å². The first-order chi connectivity index (χ1) is 13.6. The molecule has 2 aromatic carbocycles. The maximum absolute atomic E-state index is 13.4. The van der Waals surface area contributed by atoms with Gasteiger partial charge in [0.1, 0.15) is 0 Å². The molecule has 0 bridgehead atoms. The van der Waals surface area contributed by atoms with Crippen LogP contribution >= 0.6 is 0 Å². The number of benzene rings is 2. The highest BCUT2D eigenvalue weighted by Crippen LogP contribution is 2.43. The lowest BCUT2D eigenvalue weighted by Crippen LogP contribution is -2.42. The predicted octanol–water partition coefficient (Wildman–Crippen LogP) is 4.84. The van der Waals surface area contributed by atoms with Crippen molar-refractivity contribution in [3.8, 4) is 0 Å². The van der Waals surface area contributed by atoms with E-state index in [1.807, 2.05) is 45.9 Å². The Morgan fingerprint density at radius 1 is 0.966 bits per heavy atom. The van der Waals surface area contributed by atoms with Crippen LogP contribution in [0.4, 0.5) is 5.69 Å². The van der Waals surface area contributed by atoms with Gasteiger partial charge in [0.05, 0.1) is 12.1 Å². The van der Waals surface area contributed by atoms with Gasteiger partial charge in [-0.15, -0.1) is 0 Å². The van der Waals surface area contributed by atoms with E-state index in [4.69, 9.17) is 0 Å². The van der Waals surface area contributed by atoms with E-state index < -0.39 is 11.5 Å². The molecule has 29 heavy (non-hydrogen) atoms. The van der Waals surface area contributed by atoms with Gasteiger partial charge in [0, 0.05) is 17.7 Å². The molecule has 0 aromatic heterocycles. The smallest absolute Gasteiger partial charge is 0.264 e. The lowest BCUT2D eigenvalue weighted by atomic mass is 9.82. The molecule has 0 radical (unpaired) electrons. The summed E-state index contributed by atoms with van der Waals surface area (Å²) in [5.41, 5.74) is 5.29. The van der Waals surface area contributed by atoms with E-state index in [2.05, 4.69) is 13.8 Å². The Hall–Kier alpha value is -2.46. The molecule has 4 heteroatoms. The molecule has 1 aliphatic rings. The first kappa shape index (κ1) is 21.3. The Bertz CT molecular complexity index is 963. The van der Waals surface area contributed by atoms with Crippen molar-refractivity contribution in [2.45, 2.75) is 66.4 Å². The fraction of sp³-hybridized carbons (Fsp3) is 0.440. The van der Waals surface area contributed by atoms with Gasteiger partial charge in [-0.2, -0.15) is 0 Å². The number of nitrogens with zero attached hydrogens (tertiary/aromatic N) is 1. The zero-order valence-corrected chi connectivity index (χ0v) is 18.3. The second kappa shape index (κ2) is 7.75. The van der Waals surface area contributed by atoms with Crippen LogP contribution in [0.1, 0.15) is 69.9 Å². The number of hydrogen-bond donors (Lipinski definition) is 1. The SMILES string of the molecule is CCCCN1C(=O)[C@](O)(CC(=O)c2c(C)c(C)c(C)c(C)c2C)c2ccccc21. The third-order valence-electron chi connectivity index (χ3n) is 6.67. The summed E-state index contributed by atoms with van der Waals surface area (Å²) in [7, 11) is 0. The topological polar surface area (TPSA) is 57.6 Å². The van der Waals surface area contributed by atoms with Crippen LogP contribution in [0.2, 0.25) is 0 Å². The molecule has 0 fully saturated rings. The van der Waals surface area contributed by atoms with Crippen molar-refractivity contribution in [1.82, 2.24) is 0 Å². The average Bonchev–Trinajstić information content (AvgIpc) is 2.90. The van der Waals surface area contributed by atoms with E-state index in [0.29, 0.717) is 23.4 Å². The van der Waals surface area contributed by atoms with Gasteiger partial charge in [-0.25, -0.2) is 0 Å². The van der Waals surface area contributed by atoms with Crippen LogP contribution in [0.15, 0.2) is 24.3 Å². The number of anilines is 1. The van der Waals surface area contributed by atoms with E-state index in [1.165, 1.54) is 5.56 Å². The number of Topliss-reactive ketones (excluding diaryl/α,β-unsaturated/α-hetero) is 1. The average molecular weight is 394 g/mol. The predicted molar refractivity (Wildman–Crippen MR) is 117 cm³/mol. The van der Waals surface area contributed by atoms with Crippen molar-refractivity contribution >= 4 is 17.4 Å². The van der Waals surface area contributed by atoms with Gasteiger partial charge in [-0.3, -0.25) is 9.59 Å². The van der Waals surface area contributed by atoms with Crippen LogP contribution in [0, 0.1) is 34.6 Å². The highest BCUT2D eigenvalue weighted by atomic mass is 16.3. The number of amides is 1. The Labute approximate surface area is 173 Å². The van der Waals surface area contributed by atoms with E-state index >= 15 is 0 Å². The minimum absolute atomic E-state index is 0.186. The third kappa shape index (κ3) is 3.29. The third-order valence-corrected chi connectivity index (χ3v) is 6.67. The van der Waals surface area contributed by atoms with Crippen molar-refractivity contribution in [3.63, 3.8) is 0 Å². The molecule has 1 amide bonds. The Morgan fingerprint density at radius 2 is 1.52 bits per heavy atom. The molecule has 3 rings (SSSR count). The van der Waals surface area contributed by atoms with Gasteiger partial charge in [0.15, 0.2) is 11.4 Å². The van der Waals surface area contributed by atoms with Crippen molar-refractivity contribution in [2.75, 3.05) is 11.4 Å². The van der Waals surface area contributed by atoms with Crippen LogP contribution in [0.5, 0.6) is 0 Å². The van der Waals surface area contributed by atoms with Crippen LogP contribution in [0.25, 0.3) is 0 Å². The molecule has 1 atom stereocenters. The minimum atomic E-state index is -1.81. The summed E-state index contributed by atoms with van der Waals surface area (Å²) in [5.74, 6) is -0.578. The number of carbonyl (C=O) groups excluding carboxylic acids is 2. The normalized spacial score (nSPS) is 18.3. The summed E-state index contributed by atoms with van der Waals surface area (Å²) in [6.07, 6.45) is 1.55. The Kier molecular flexibility index (Phi) is 5.68. The fourth-order valence-electron chi connectivity index (χ4n) is 4.45. The van der Waals surface area contributed by atoms with Gasteiger partial charge in [-0.1, -0.05) is 31.5 Å². The monoisotopic (exact) mass is 393 g/mol. The highest BCUT2D eigenvalue weighted by Gasteiger charge is 2.50. The molecule has 1 heterocycles. The van der Waals surface area contributed by atoms with Crippen LogP contribution in [-0.2, 0) is 10.4 Å². The number of fused-ring (bicyclic) bond motifs is 1. The standard InChI is InChI=1S/C25H31NO3/c1-7-8-13-26-21-12-10-9-11-20(21)25(29,24(26)28)14-22(27)23-18(5)16(3)15(2)17(4)19(23)6/h9-12,29H,7-8,13-14H2,1-6H3/t25-/m0/s1. The van der Waals surface area contributed by atoms with Crippen molar-refractivity contribution < 1.29 is 14.7 Å². The van der Waals surface area contributed by atoms with Crippen LogP contribution in [-0.4, -0.2) is 23.3 Å². The molecule has 0 unspecified atom stereocenters. The lowest BCUT2D eigenvalue weighted by molar-refractivity contribution is -0.135. The summed E-state index contributed by atoms with van der Waals surface area (Å²) in [5, 5.41) is 11.5. The summed E-state index contributed by atoms with van der Waals surface area (Å²) in [4.78, 5) is 28.3. The van der Waals surface area contributed by atoms with Crippen molar-refractivity contribution in [3.05, 3.63) is 63.2 Å². The maximum Gasteiger partial charge on any atom is 0.264 e. The Morgan fingerprint density at radius 3 is 2.10 bits per heavy atom. The summed E-state index contributed by atoms with van der Waals surface area (Å²) in [6, 6.07) is 7.28. The number of carbonyl (C=O) groups is 2. The Balaban J connectivity index is 2.04. The molecule has 0 spiro atoms. The molecule has 1 N–H and O–H groups in total. The molecular weight excluding hydrogens is 362 g/mol. The van der Waals surface area contributed by atoms with Crippen LogP contribution < -0.4 is 4.90 Å². The summed E-state index contributed by atoms with van der Waals surface area (Å²) >= 11 is 0. The number of rotatable bonds is 6. The van der Waals surface area contributed by atoms with Crippen LogP contribution in [0.3, 0.4) is 0 Å². The molecule has 1 aliphatic heterocycles. The number of para-hydroxylation sites is 1. The fourth-order valence-corrected chi connectivity index (χ4v) is 4.45.